The van der Waals surface area contributed by atoms with Crippen LogP contribution in [0.5, 0.6) is 0 Å². The molecule has 0 aromatic heterocycles. The van der Waals surface area contributed by atoms with Crippen LogP contribution in [0, 0.1) is 20.2 Å². The van der Waals surface area contributed by atoms with Crippen LogP contribution in [0.3, 0.4) is 0 Å². The zero-order valence-electron chi connectivity index (χ0n) is 8.92. The Bertz CT molecular complexity index is 499. The van der Waals surface area contributed by atoms with Gasteiger partial charge in [-0.3, -0.25) is 20.2 Å². The Labute approximate surface area is 105 Å². The van der Waals surface area contributed by atoms with Gasteiger partial charge in [0.15, 0.2) is 0 Å². The summed E-state index contributed by atoms with van der Waals surface area (Å²) in [6, 6.07) is 4.37. The van der Waals surface area contributed by atoms with Gasteiger partial charge in [-0.1, -0.05) is 13.0 Å². The lowest BCUT2D eigenvalue weighted by atomic mass is 10.1. The molecule has 0 spiro atoms. The van der Waals surface area contributed by atoms with Crippen LogP contribution in [-0.4, -0.2) is 9.85 Å². The number of nitrogens with zero attached hydrogens (tertiary/aromatic N) is 2. The van der Waals surface area contributed by atoms with Gasteiger partial charge in [-0.2, -0.15) is 0 Å². The van der Waals surface area contributed by atoms with E-state index < -0.39 is 9.85 Å². The molecule has 1 rings (SSSR count). The van der Waals surface area contributed by atoms with Crippen molar-refractivity contribution in [2.75, 3.05) is 0 Å². The summed E-state index contributed by atoms with van der Waals surface area (Å²) >= 11 is 3.05. The van der Waals surface area contributed by atoms with Crippen molar-refractivity contribution in [3.63, 3.8) is 0 Å². The molecule has 17 heavy (non-hydrogen) atoms. The van der Waals surface area contributed by atoms with E-state index in [9.17, 15) is 20.2 Å². The molecule has 0 fully saturated rings. The van der Waals surface area contributed by atoms with Crippen molar-refractivity contribution in [1.29, 1.82) is 0 Å². The number of nitro benzene ring substituents is 1. The number of hydrogen-bond acceptors (Lipinski definition) is 4. The largest absolute Gasteiger partial charge is 0.284 e. The van der Waals surface area contributed by atoms with Gasteiger partial charge in [0.1, 0.15) is 0 Å². The van der Waals surface area contributed by atoms with Crippen LogP contribution in [0.25, 0.3) is 6.08 Å². The standard InChI is InChI=1S/C10H9BrN2O4/c1-2-8(12(14)15)5-7-3-4-9(11)10(6-7)13(16)17/h3-6H,2H2,1H3. The summed E-state index contributed by atoms with van der Waals surface area (Å²) < 4.78 is 0.346. The fraction of sp³-hybridized carbons (Fsp3) is 0.200. The van der Waals surface area contributed by atoms with E-state index in [1.165, 1.54) is 18.2 Å². The summed E-state index contributed by atoms with van der Waals surface area (Å²) in [5, 5.41) is 21.3. The maximum absolute atomic E-state index is 10.7. The average Bonchev–Trinajstić information content (AvgIpc) is 2.27. The Morgan fingerprint density at radius 2 is 2.06 bits per heavy atom. The van der Waals surface area contributed by atoms with E-state index in [-0.39, 0.29) is 17.8 Å². The molecule has 0 atom stereocenters. The molecule has 1 aromatic rings. The Kier molecular flexibility index (Phi) is 4.33. The van der Waals surface area contributed by atoms with Gasteiger partial charge in [0.2, 0.25) is 5.70 Å². The van der Waals surface area contributed by atoms with Gasteiger partial charge in [0, 0.05) is 18.6 Å². The highest BCUT2D eigenvalue weighted by Gasteiger charge is 2.13. The third kappa shape index (κ3) is 3.35. The molecule has 0 heterocycles. The third-order valence-electron chi connectivity index (χ3n) is 2.10. The van der Waals surface area contributed by atoms with Gasteiger partial charge in [0.25, 0.3) is 5.69 Å². The van der Waals surface area contributed by atoms with E-state index in [2.05, 4.69) is 15.9 Å². The molecule has 6 nitrogen and oxygen atoms in total. The lowest BCUT2D eigenvalue weighted by molar-refractivity contribution is -0.425. The number of halogens is 1. The predicted molar refractivity (Wildman–Crippen MR) is 66.1 cm³/mol. The van der Waals surface area contributed by atoms with Gasteiger partial charge in [0.05, 0.1) is 14.3 Å². The van der Waals surface area contributed by atoms with E-state index in [1.807, 2.05) is 0 Å². The maximum atomic E-state index is 10.7. The molecular weight excluding hydrogens is 292 g/mol. The second kappa shape index (κ2) is 5.53. The summed E-state index contributed by atoms with van der Waals surface area (Å²) in [6.45, 7) is 1.65. The summed E-state index contributed by atoms with van der Waals surface area (Å²) in [5.74, 6) is 0. The number of allylic oxidation sites excluding steroid dienone is 1. The summed E-state index contributed by atoms with van der Waals surface area (Å²) in [6.07, 6.45) is 1.59. The first-order valence-corrected chi connectivity index (χ1v) is 5.54. The lowest BCUT2D eigenvalue weighted by Crippen LogP contribution is -1.97. The second-order valence-electron chi connectivity index (χ2n) is 3.21. The summed E-state index contributed by atoms with van der Waals surface area (Å²) in [5.41, 5.74) is 0.340. The van der Waals surface area contributed by atoms with Gasteiger partial charge < -0.3 is 0 Å². The highest BCUT2D eigenvalue weighted by Crippen LogP contribution is 2.26. The van der Waals surface area contributed by atoms with Crippen LogP contribution in [0.15, 0.2) is 28.4 Å². The molecule has 0 aliphatic heterocycles. The normalized spacial score (nSPS) is 11.3. The van der Waals surface area contributed by atoms with Crippen LogP contribution in [0.2, 0.25) is 0 Å². The monoisotopic (exact) mass is 300 g/mol. The van der Waals surface area contributed by atoms with Crippen LogP contribution in [-0.2, 0) is 0 Å². The Morgan fingerprint density at radius 3 is 2.53 bits per heavy atom. The minimum Gasteiger partial charge on any atom is -0.259 e. The van der Waals surface area contributed by atoms with Crippen molar-refractivity contribution in [2.45, 2.75) is 13.3 Å². The lowest BCUT2D eigenvalue weighted by Gasteiger charge is -1.98. The molecular formula is C10H9BrN2O4. The van der Waals surface area contributed by atoms with Crippen LogP contribution in [0.1, 0.15) is 18.9 Å². The van der Waals surface area contributed by atoms with Crippen molar-refractivity contribution < 1.29 is 9.85 Å². The molecule has 0 aliphatic carbocycles. The maximum Gasteiger partial charge on any atom is 0.284 e. The van der Waals surface area contributed by atoms with Crippen molar-refractivity contribution in [3.05, 3.63) is 54.2 Å². The average molecular weight is 301 g/mol. The van der Waals surface area contributed by atoms with E-state index in [0.29, 0.717) is 10.0 Å². The zero-order chi connectivity index (χ0) is 13.0. The fourth-order valence-electron chi connectivity index (χ4n) is 1.24. The van der Waals surface area contributed by atoms with Crippen LogP contribution >= 0.6 is 15.9 Å². The van der Waals surface area contributed by atoms with Gasteiger partial charge >= 0.3 is 0 Å². The van der Waals surface area contributed by atoms with Crippen LogP contribution < -0.4 is 0 Å². The highest BCUT2D eigenvalue weighted by atomic mass is 79.9. The van der Waals surface area contributed by atoms with Gasteiger partial charge in [-0.15, -0.1) is 0 Å². The van der Waals surface area contributed by atoms with Gasteiger partial charge in [-0.05, 0) is 27.6 Å². The molecule has 0 unspecified atom stereocenters. The first-order chi connectivity index (χ1) is 7.95. The molecule has 0 N–H and O–H groups in total. The first-order valence-electron chi connectivity index (χ1n) is 4.74. The number of nitro groups is 2. The minimum atomic E-state index is -0.542. The van der Waals surface area contributed by atoms with Crippen molar-refractivity contribution in [1.82, 2.24) is 0 Å². The SMILES string of the molecule is CCC(=Cc1ccc(Br)c([N+](=O)[O-])c1)[N+](=O)[O-]. The van der Waals surface area contributed by atoms with Crippen molar-refractivity contribution in [2.24, 2.45) is 0 Å². The number of hydrogen-bond donors (Lipinski definition) is 0. The molecule has 90 valence electrons. The van der Waals surface area contributed by atoms with E-state index in [1.54, 1.807) is 13.0 Å². The minimum absolute atomic E-state index is 0.0154. The fourth-order valence-corrected chi connectivity index (χ4v) is 1.63. The summed E-state index contributed by atoms with van der Waals surface area (Å²) in [7, 11) is 0. The topological polar surface area (TPSA) is 86.3 Å². The quantitative estimate of drug-likeness (QED) is 0.630. The Balaban J connectivity index is 3.20. The smallest absolute Gasteiger partial charge is 0.259 e. The highest BCUT2D eigenvalue weighted by molar-refractivity contribution is 9.10. The molecule has 0 amide bonds. The van der Waals surface area contributed by atoms with Crippen molar-refractivity contribution in [3.8, 4) is 0 Å². The molecule has 0 bridgehead atoms. The molecule has 7 heteroatoms. The van der Waals surface area contributed by atoms with Crippen LogP contribution in [0.4, 0.5) is 5.69 Å². The Morgan fingerprint density at radius 1 is 1.41 bits per heavy atom. The molecule has 0 aliphatic rings. The van der Waals surface area contributed by atoms with Gasteiger partial charge in [-0.25, -0.2) is 0 Å². The number of rotatable bonds is 4. The predicted octanol–water partition coefficient (Wildman–Crippen LogP) is 3.38. The third-order valence-corrected chi connectivity index (χ3v) is 2.77. The zero-order valence-corrected chi connectivity index (χ0v) is 10.5. The molecule has 0 radical (unpaired) electrons. The molecule has 0 saturated heterocycles. The molecule has 0 saturated carbocycles. The van der Waals surface area contributed by atoms with E-state index >= 15 is 0 Å². The number of benzene rings is 1. The van der Waals surface area contributed by atoms with E-state index in [0.717, 1.165) is 0 Å². The second-order valence-corrected chi connectivity index (χ2v) is 4.07. The summed E-state index contributed by atoms with van der Waals surface area (Å²) in [4.78, 5) is 20.3. The first kappa shape index (κ1) is 13.3. The Hall–Kier alpha value is -1.76. The van der Waals surface area contributed by atoms with Crippen molar-refractivity contribution >= 4 is 27.7 Å². The van der Waals surface area contributed by atoms with E-state index in [4.69, 9.17) is 0 Å². The molecule has 1 aromatic carbocycles.